The van der Waals surface area contributed by atoms with Gasteiger partial charge in [-0.25, -0.2) is 18.9 Å². The van der Waals surface area contributed by atoms with Crippen LogP contribution in [0.5, 0.6) is 0 Å². The lowest BCUT2D eigenvalue weighted by molar-refractivity contribution is -0.133. The van der Waals surface area contributed by atoms with Gasteiger partial charge in [0.1, 0.15) is 18.0 Å². The minimum Gasteiger partial charge on any atom is -0.447 e. The number of nitrogens with zero attached hydrogens (tertiary/aromatic N) is 2. The molecule has 0 unspecified atom stereocenters. The second kappa shape index (κ2) is 9.44. The number of ether oxygens (including phenoxy) is 2. The van der Waals surface area contributed by atoms with Crippen molar-refractivity contribution in [3.63, 3.8) is 0 Å². The first-order valence-corrected chi connectivity index (χ1v) is 11.4. The summed E-state index contributed by atoms with van der Waals surface area (Å²) < 4.78 is 24.3. The van der Waals surface area contributed by atoms with E-state index in [1.165, 1.54) is 21.9 Å². The van der Waals surface area contributed by atoms with Gasteiger partial charge in [0.05, 0.1) is 12.0 Å². The van der Waals surface area contributed by atoms with Gasteiger partial charge in [-0.2, -0.15) is 0 Å². The Kier molecular flexibility index (Phi) is 6.59. The van der Waals surface area contributed by atoms with E-state index in [2.05, 4.69) is 0 Å². The summed E-state index contributed by atoms with van der Waals surface area (Å²) >= 11 is 0. The molecule has 7 nitrogen and oxygen atoms in total. The van der Waals surface area contributed by atoms with Crippen molar-refractivity contribution in [2.45, 2.75) is 44.8 Å². The maximum atomic E-state index is 13.7. The Balaban J connectivity index is 1.60. The lowest BCUT2D eigenvalue weighted by Crippen LogP contribution is -2.45. The highest BCUT2D eigenvalue weighted by atomic mass is 19.1. The molecule has 0 saturated carbocycles. The zero-order valence-corrected chi connectivity index (χ0v) is 19.6. The Labute approximate surface area is 198 Å². The maximum absolute atomic E-state index is 13.7. The molecule has 3 amide bonds. The highest BCUT2D eigenvalue weighted by Crippen LogP contribution is 2.36. The smallest absolute Gasteiger partial charge is 0.416 e. The van der Waals surface area contributed by atoms with Crippen molar-refractivity contribution in [1.82, 2.24) is 9.80 Å². The van der Waals surface area contributed by atoms with Gasteiger partial charge in [-0.3, -0.25) is 4.79 Å². The number of carbonyl (C=O) groups is 3. The van der Waals surface area contributed by atoms with Gasteiger partial charge in [0.15, 0.2) is 0 Å². The summed E-state index contributed by atoms with van der Waals surface area (Å²) in [6.45, 7) is 5.75. The first-order valence-electron chi connectivity index (χ1n) is 11.4. The summed E-state index contributed by atoms with van der Waals surface area (Å²) in [7, 11) is 0. The normalized spacial score (nSPS) is 22.6. The van der Waals surface area contributed by atoms with E-state index in [0.717, 1.165) is 11.1 Å². The number of hydrogen-bond acceptors (Lipinski definition) is 5. The lowest BCUT2D eigenvalue weighted by atomic mass is 9.87. The van der Waals surface area contributed by atoms with Gasteiger partial charge in [0.2, 0.25) is 5.91 Å². The zero-order valence-electron chi connectivity index (χ0n) is 19.6. The molecule has 2 saturated heterocycles. The molecule has 2 heterocycles. The van der Waals surface area contributed by atoms with Crippen LogP contribution in [0, 0.1) is 11.7 Å². The van der Waals surface area contributed by atoms with E-state index in [1.807, 2.05) is 30.3 Å². The first-order chi connectivity index (χ1) is 16.1. The molecule has 2 aromatic rings. The fourth-order valence-electron chi connectivity index (χ4n) is 4.52. The van der Waals surface area contributed by atoms with Crippen molar-refractivity contribution in [2.75, 3.05) is 19.7 Å². The molecule has 8 heteroatoms. The number of cyclic esters (lactones) is 1. The molecular formula is C26H29FN2O5. The molecule has 34 heavy (non-hydrogen) atoms. The first kappa shape index (κ1) is 23.7. The van der Waals surface area contributed by atoms with Crippen LogP contribution in [0.15, 0.2) is 54.6 Å². The van der Waals surface area contributed by atoms with Crippen molar-refractivity contribution in [1.29, 1.82) is 0 Å². The molecular weight excluding hydrogens is 439 g/mol. The molecule has 0 N–H and O–H groups in total. The van der Waals surface area contributed by atoms with Crippen molar-refractivity contribution in [2.24, 2.45) is 5.92 Å². The molecule has 2 aliphatic rings. The molecule has 0 aromatic heterocycles. The number of amides is 3. The van der Waals surface area contributed by atoms with Crippen LogP contribution in [-0.4, -0.2) is 59.2 Å². The third-order valence-electron chi connectivity index (χ3n) is 6.10. The second-order valence-corrected chi connectivity index (χ2v) is 9.78. The molecule has 0 radical (unpaired) electrons. The predicted octanol–water partition coefficient (Wildman–Crippen LogP) is 4.37. The highest BCUT2D eigenvalue weighted by Gasteiger charge is 2.48. The number of hydrogen-bond donors (Lipinski definition) is 0. The SMILES string of the molecule is CC(C)(C)OC(=O)N1C[C@H](C(=O)N2C(=O)OC[C@H]2Cc2ccccc2)[C@@H](c2ccc(F)cc2)C1. The predicted molar refractivity (Wildman–Crippen MR) is 123 cm³/mol. The average Bonchev–Trinajstić information content (AvgIpc) is 3.38. The van der Waals surface area contributed by atoms with Crippen LogP contribution >= 0.6 is 0 Å². The van der Waals surface area contributed by atoms with Gasteiger partial charge in [0.25, 0.3) is 0 Å². The minimum absolute atomic E-state index is 0.0949. The van der Waals surface area contributed by atoms with Crippen molar-refractivity contribution >= 4 is 18.1 Å². The minimum atomic E-state index is -0.693. The third kappa shape index (κ3) is 5.21. The standard InChI is InChI=1S/C26H29FN2O5/c1-26(2,3)34-24(31)28-14-21(18-9-11-19(27)12-10-18)22(15-28)23(30)29-20(16-33-25(29)32)13-17-7-5-4-6-8-17/h4-12,20-22H,13-16H2,1-3H3/t20-,21-,22+/m1/s1. The lowest BCUT2D eigenvalue weighted by Gasteiger charge is -2.26. The van der Waals surface area contributed by atoms with Crippen LogP contribution in [-0.2, 0) is 20.7 Å². The summed E-state index contributed by atoms with van der Waals surface area (Å²) in [5, 5.41) is 0. The molecule has 2 fully saturated rings. The Morgan fingerprint density at radius 1 is 1.06 bits per heavy atom. The Morgan fingerprint density at radius 3 is 2.38 bits per heavy atom. The van der Waals surface area contributed by atoms with Crippen LogP contribution in [0.2, 0.25) is 0 Å². The van der Waals surface area contributed by atoms with E-state index >= 15 is 0 Å². The number of imide groups is 1. The maximum Gasteiger partial charge on any atom is 0.416 e. The summed E-state index contributed by atoms with van der Waals surface area (Å²) in [5.74, 6) is -1.89. The Hall–Kier alpha value is -3.42. The third-order valence-corrected chi connectivity index (χ3v) is 6.10. The summed E-state index contributed by atoms with van der Waals surface area (Å²) in [4.78, 5) is 41.8. The molecule has 4 rings (SSSR count). The van der Waals surface area contributed by atoms with Gasteiger partial charge in [-0.1, -0.05) is 42.5 Å². The Bertz CT molecular complexity index is 1050. The van der Waals surface area contributed by atoms with E-state index in [1.54, 1.807) is 32.9 Å². The summed E-state index contributed by atoms with van der Waals surface area (Å²) in [5.41, 5.74) is 1.02. The molecule has 2 aromatic carbocycles. The van der Waals surface area contributed by atoms with Gasteiger partial charge >= 0.3 is 12.2 Å². The van der Waals surface area contributed by atoms with E-state index < -0.39 is 41.6 Å². The zero-order chi connectivity index (χ0) is 24.5. The number of carbonyl (C=O) groups excluding carboxylic acids is 3. The quantitative estimate of drug-likeness (QED) is 0.666. The van der Waals surface area contributed by atoms with E-state index in [4.69, 9.17) is 9.47 Å². The van der Waals surface area contributed by atoms with Crippen LogP contribution in [0.25, 0.3) is 0 Å². The van der Waals surface area contributed by atoms with Gasteiger partial charge in [-0.05, 0) is 50.5 Å². The summed E-state index contributed by atoms with van der Waals surface area (Å²) in [6, 6.07) is 15.0. The number of likely N-dealkylation sites (tertiary alicyclic amines) is 1. The topological polar surface area (TPSA) is 76.2 Å². The van der Waals surface area contributed by atoms with Crippen LogP contribution < -0.4 is 0 Å². The van der Waals surface area contributed by atoms with Crippen LogP contribution in [0.3, 0.4) is 0 Å². The van der Waals surface area contributed by atoms with Gasteiger partial charge in [0, 0.05) is 19.0 Å². The second-order valence-electron chi connectivity index (χ2n) is 9.78. The van der Waals surface area contributed by atoms with Crippen LogP contribution in [0.4, 0.5) is 14.0 Å². The largest absolute Gasteiger partial charge is 0.447 e. The van der Waals surface area contributed by atoms with Crippen molar-refractivity contribution < 1.29 is 28.2 Å². The fraction of sp³-hybridized carbons (Fsp3) is 0.423. The fourth-order valence-corrected chi connectivity index (χ4v) is 4.52. The Morgan fingerprint density at radius 2 is 1.74 bits per heavy atom. The van der Waals surface area contributed by atoms with E-state index in [9.17, 15) is 18.8 Å². The van der Waals surface area contributed by atoms with E-state index in [-0.39, 0.29) is 25.5 Å². The molecule has 2 aliphatic heterocycles. The molecule has 3 atom stereocenters. The van der Waals surface area contributed by atoms with E-state index in [0.29, 0.717) is 6.42 Å². The van der Waals surface area contributed by atoms with Gasteiger partial charge in [-0.15, -0.1) is 0 Å². The molecule has 0 bridgehead atoms. The number of halogens is 1. The van der Waals surface area contributed by atoms with Crippen LogP contribution in [0.1, 0.15) is 37.8 Å². The summed E-state index contributed by atoms with van der Waals surface area (Å²) in [6.07, 6.45) is -0.735. The molecule has 0 spiro atoms. The van der Waals surface area contributed by atoms with Gasteiger partial charge < -0.3 is 14.4 Å². The van der Waals surface area contributed by atoms with Crippen molar-refractivity contribution in [3.8, 4) is 0 Å². The highest BCUT2D eigenvalue weighted by molar-refractivity contribution is 5.96. The number of rotatable bonds is 4. The average molecular weight is 469 g/mol. The van der Waals surface area contributed by atoms with Crippen molar-refractivity contribution in [3.05, 3.63) is 71.5 Å². The molecule has 180 valence electrons. The molecule has 0 aliphatic carbocycles. The number of benzene rings is 2. The monoisotopic (exact) mass is 468 g/mol.